The molecule has 1 heterocycles. The summed E-state index contributed by atoms with van der Waals surface area (Å²) < 4.78 is 22.5. The number of rotatable bonds is 6. The Morgan fingerprint density at radius 3 is 2.39 bits per heavy atom. The number of amides is 3. The second-order valence-corrected chi connectivity index (χ2v) is 8.24. The molecule has 8 nitrogen and oxygen atoms in total. The third-order valence-corrected chi connectivity index (χ3v) is 5.40. The third-order valence-electron chi connectivity index (χ3n) is 4.47. The molecule has 0 aliphatic carbocycles. The maximum absolute atomic E-state index is 12.2. The normalized spacial score (nSPS) is 16.8. The first-order valence-electron chi connectivity index (χ1n) is 8.79. The molecule has 0 radical (unpaired) electrons. The maximum Gasteiger partial charge on any atom is 0.315 e. The number of hydrogen-bond donors (Lipinski definition) is 3. The molecule has 1 unspecified atom stereocenters. The van der Waals surface area contributed by atoms with Gasteiger partial charge in [-0.3, -0.25) is 4.79 Å². The van der Waals surface area contributed by atoms with Crippen LogP contribution in [-0.2, 0) is 27.9 Å². The molecule has 0 saturated carbocycles. The lowest BCUT2D eigenvalue weighted by Crippen LogP contribution is -2.43. The van der Waals surface area contributed by atoms with E-state index in [0.29, 0.717) is 13.1 Å². The van der Waals surface area contributed by atoms with Gasteiger partial charge in [0.1, 0.15) is 0 Å². The van der Waals surface area contributed by atoms with Crippen molar-refractivity contribution in [1.29, 1.82) is 0 Å². The molecule has 1 aliphatic heterocycles. The van der Waals surface area contributed by atoms with Crippen molar-refractivity contribution in [3.63, 3.8) is 0 Å². The van der Waals surface area contributed by atoms with Gasteiger partial charge in [-0.2, -0.15) is 0 Å². The minimum atomic E-state index is -3.74. The molecule has 0 bridgehead atoms. The van der Waals surface area contributed by atoms with Gasteiger partial charge in [-0.1, -0.05) is 42.5 Å². The molecule has 9 heteroatoms. The van der Waals surface area contributed by atoms with Crippen molar-refractivity contribution >= 4 is 22.0 Å². The number of likely N-dealkylation sites (tertiary alicyclic amines) is 1. The Kier molecular flexibility index (Phi) is 5.96. The number of urea groups is 1. The number of hydrogen-bond acceptors (Lipinski definition) is 4. The fourth-order valence-corrected chi connectivity index (χ4v) is 3.56. The van der Waals surface area contributed by atoms with Crippen LogP contribution < -0.4 is 15.8 Å². The zero-order valence-electron chi connectivity index (χ0n) is 15.2. The average molecular weight is 402 g/mol. The summed E-state index contributed by atoms with van der Waals surface area (Å²) in [6, 6.07) is 15.0. The molecule has 1 atom stereocenters. The van der Waals surface area contributed by atoms with E-state index in [1.807, 2.05) is 30.3 Å². The highest BCUT2D eigenvalue weighted by molar-refractivity contribution is 7.89. The van der Waals surface area contributed by atoms with E-state index in [4.69, 9.17) is 5.14 Å². The van der Waals surface area contributed by atoms with Crippen LogP contribution in [0.4, 0.5) is 4.79 Å². The highest BCUT2D eigenvalue weighted by atomic mass is 32.2. The van der Waals surface area contributed by atoms with Crippen molar-refractivity contribution in [2.24, 2.45) is 5.14 Å². The predicted octanol–water partition coefficient (Wildman–Crippen LogP) is 0.934. The Morgan fingerprint density at radius 2 is 1.75 bits per heavy atom. The van der Waals surface area contributed by atoms with Gasteiger partial charge in [0, 0.05) is 26.1 Å². The van der Waals surface area contributed by atoms with Crippen LogP contribution in [0.1, 0.15) is 17.5 Å². The van der Waals surface area contributed by atoms with Crippen LogP contribution in [0.25, 0.3) is 0 Å². The number of carbonyl (C=O) groups excluding carboxylic acids is 2. The molecular weight excluding hydrogens is 380 g/mol. The quantitative estimate of drug-likeness (QED) is 0.665. The summed E-state index contributed by atoms with van der Waals surface area (Å²) in [6.45, 7) is 1.21. The van der Waals surface area contributed by atoms with Gasteiger partial charge in [-0.15, -0.1) is 0 Å². The SMILES string of the molecule is NS(=O)(=O)c1ccc(CNC(=O)NC2CC(=O)N(Cc3ccccc3)C2)cc1. The van der Waals surface area contributed by atoms with Crippen LogP contribution in [0, 0.1) is 0 Å². The van der Waals surface area contributed by atoms with E-state index in [2.05, 4.69) is 10.6 Å². The third kappa shape index (κ3) is 5.30. The van der Waals surface area contributed by atoms with Crippen molar-refractivity contribution in [3.8, 4) is 0 Å². The summed E-state index contributed by atoms with van der Waals surface area (Å²) in [5.74, 6) is 0.00716. The van der Waals surface area contributed by atoms with Gasteiger partial charge in [0.05, 0.1) is 10.9 Å². The molecule has 28 heavy (non-hydrogen) atoms. The minimum absolute atomic E-state index is 0.00716. The lowest BCUT2D eigenvalue weighted by atomic mass is 10.2. The number of primary sulfonamides is 1. The monoisotopic (exact) mass is 402 g/mol. The number of carbonyl (C=O) groups is 2. The van der Waals surface area contributed by atoms with Crippen LogP contribution in [0.15, 0.2) is 59.5 Å². The Hall–Kier alpha value is -2.91. The summed E-state index contributed by atoms with van der Waals surface area (Å²) in [7, 11) is -3.74. The van der Waals surface area contributed by atoms with Crippen LogP contribution >= 0.6 is 0 Å². The summed E-state index contributed by atoms with van der Waals surface area (Å²) in [6.07, 6.45) is 0.267. The van der Waals surface area contributed by atoms with Gasteiger partial charge in [0.25, 0.3) is 0 Å². The molecule has 2 aromatic carbocycles. The summed E-state index contributed by atoms with van der Waals surface area (Å²) >= 11 is 0. The Balaban J connectivity index is 1.47. The van der Waals surface area contributed by atoms with E-state index in [9.17, 15) is 18.0 Å². The van der Waals surface area contributed by atoms with Crippen molar-refractivity contribution in [3.05, 3.63) is 65.7 Å². The standard InChI is InChI=1S/C19H22N4O4S/c20-28(26,27)17-8-6-14(7-9-17)11-21-19(25)22-16-10-18(24)23(13-16)12-15-4-2-1-3-5-15/h1-9,16H,10-13H2,(H2,20,26,27)(H2,21,22,25). The lowest BCUT2D eigenvalue weighted by molar-refractivity contribution is -0.128. The Morgan fingerprint density at radius 1 is 1.07 bits per heavy atom. The number of nitrogens with two attached hydrogens (primary N) is 1. The van der Waals surface area contributed by atoms with Gasteiger partial charge in [-0.05, 0) is 23.3 Å². The molecule has 3 rings (SSSR count). The zero-order valence-corrected chi connectivity index (χ0v) is 16.0. The fourth-order valence-electron chi connectivity index (χ4n) is 3.04. The Labute approximate surface area is 163 Å². The number of nitrogens with one attached hydrogen (secondary N) is 2. The summed E-state index contributed by atoms with van der Waals surface area (Å²) in [5, 5.41) is 10.6. The van der Waals surface area contributed by atoms with Crippen LogP contribution in [0.2, 0.25) is 0 Å². The van der Waals surface area contributed by atoms with Crippen molar-refractivity contribution in [1.82, 2.24) is 15.5 Å². The van der Waals surface area contributed by atoms with Gasteiger partial charge in [0.15, 0.2) is 0 Å². The van der Waals surface area contributed by atoms with Crippen LogP contribution in [0.5, 0.6) is 0 Å². The van der Waals surface area contributed by atoms with E-state index in [0.717, 1.165) is 11.1 Å². The van der Waals surface area contributed by atoms with Gasteiger partial charge >= 0.3 is 6.03 Å². The smallest absolute Gasteiger partial charge is 0.315 e. The molecular formula is C19H22N4O4S. The fraction of sp³-hybridized carbons (Fsp3) is 0.263. The molecule has 4 N–H and O–H groups in total. The second kappa shape index (κ2) is 8.41. The van der Waals surface area contributed by atoms with Gasteiger partial charge < -0.3 is 15.5 Å². The van der Waals surface area contributed by atoms with E-state index < -0.39 is 10.0 Å². The second-order valence-electron chi connectivity index (χ2n) is 6.68. The van der Waals surface area contributed by atoms with E-state index in [-0.39, 0.29) is 35.8 Å². The van der Waals surface area contributed by atoms with Crippen molar-refractivity contribution in [2.75, 3.05) is 6.54 Å². The number of sulfonamides is 1. The minimum Gasteiger partial charge on any atom is -0.336 e. The van der Waals surface area contributed by atoms with Crippen LogP contribution in [0.3, 0.4) is 0 Å². The van der Waals surface area contributed by atoms with E-state index >= 15 is 0 Å². The molecule has 0 aromatic heterocycles. The molecule has 3 amide bonds. The van der Waals surface area contributed by atoms with E-state index in [1.54, 1.807) is 17.0 Å². The zero-order chi connectivity index (χ0) is 20.1. The Bertz CT molecular complexity index is 946. The molecule has 148 valence electrons. The van der Waals surface area contributed by atoms with Crippen molar-refractivity contribution < 1.29 is 18.0 Å². The van der Waals surface area contributed by atoms with Gasteiger partial charge in [-0.25, -0.2) is 18.4 Å². The number of benzene rings is 2. The average Bonchev–Trinajstić information content (AvgIpc) is 2.99. The largest absolute Gasteiger partial charge is 0.336 e. The topological polar surface area (TPSA) is 122 Å². The predicted molar refractivity (Wildman–Crippen MR) is 103 cm³/mol. The molecule has 1 fully saturated rings. The van der Waals surface area contributed by atoms with Crippen molar-refractivity contribution in [2.45, 2.75) is 30.4 Å². The maximum atomic E-state index is 12.2. The summed E-state index contributed by atoms with van der Waals surface area (Å²) in [5.41, 5.74) is 1.78. The highest BCUT2D eigenvalue weighted by Gasteiger charge is 2.30. The first kappa shape index (κ1) is 19.8. The molecule has 2 aromatic rings. The molecule has 0 spiro atoms. The van der Waals surface area contributed by atoms with E-state index in [1.165, 1.54) is 12.1 Å². The molecule has 1 saturated heterocycles. The first-order chi connectivity index (χ1) is 13.3. The van der Waals surface area contributed by atoms with Crippen LogP contribution in [-0.4, -0.2) is 37.8 Å². The van der Waals surface area contributed by atoms with Gasteiger partial charge in [0.2, 0.25) is 15.9 Å². The summed E-state index contributed by atoms with van der Waals surface area (Å²) in [4.78, 5) is 26.0. The number of nitrogens with zero attached hydrogens (tertiary/aromatic N) is 1. The lowest BCUT2D eigenvalue weighted by Gasteiger charge is -2.17. The molecule has 1 aliphatic rings. The first-order valence-corrected chi connectivity index (χ1v) is 10.3. The highest BCUT2D eigenvalue weighted by Crippen LogP contribution is 2.15.